The van der Waals surface area contributed by atoms with Gasteiger partial charge in [-0.15, -0.1) is 10.2 Å². The van der Waals surface area contributed by atoms with E-state index in [1.165, 1.54) is 0 Å². The number of rotatable bonds is 3. The summed E-state index contributed by atoms with van der Waals surface area (Å²) in [6.45, 7) is 6.75. The first-order valence-corrected chi connectivity index (χ1v) is 9.36. The maximum Gasteiger partial charge on any atom is 0.175 e. The summed E-state index contributed by atoms with van der Waals surface area (Å²) in [5.41, 5.74) is 2.08. The van der Waals surface area contributed by atoms with Crippen LogP contribution in [0.3, 0.4) is 0 Å². The molecule has 0 bridgehead atoms. The van der Waals surface area contributed by atoms with Crippen LogP contribution in [0.2, 0.25) is 5.02 Å². The van der Waals surface area contributed by atoms with Crippen LogP contribution in [-0.4, -0.2) is 51.1 Å². The van der Waals surface area contributed by atoms with E-state index in [1.807, 2.05) is 38.2 Å². The van der Waals surface area contributed by atoms with E-state index < -0.39 is 0 Å². The number of nitriles is 1. The fourth-order valence-electron chi connectivity index (χ4n) is 3.34. The monoisotopic (exact) mass is 394 g/mol. The van der Waals surface area contributed by atoms with Gasteiger partial charge in [0.1, 0.15) is 11.9 Å². The van der Waals surface area contributed by atoms with Crippen molar-refractivity contribution < 1.29 is 0 Å². The molecule has 3 aromatic rings. The molecule has 0 amide bonds. The van der Waals surface area contributed by atoms with Crippen LogP contribution in [0.15, 0.2) is 30.6 Å². The van der Waals surface area contributed by atoms with Gasteiger partial charge in [-0.25, -0.2) is 9.67 Å². The highest BCUT2D eigenvalue weighted by atomic mass is 35.5. The van der Waals surface area contributed by atoms with Crippen LogP contribution >= 0.6 is 11.6 Å². The Morgan fingerprint density at radius 1 is 1.04 bits per heavy atom. The van der Waals surface area contributed by atoms with Crippen molar-refractivity contribution in [3.8, 4) is 11.9 Å². The quantitative estimate of drug-likeness (QED) is 0.674. The summed E-state index contributed by atoms with van der Waals surface area (Å²) in [4.78, 5) is 8.90. The summed E-state index contributed by atoms with van der Waals surface area (Å²) in [5.74, 6) is 2.22. The number of aryl methyl sites for hydroxylation is 1. The van der Waals surface area contributed by atoms with Crippen molar-refractivity contribution in [3.05, 3.63) is 52.4 Å². The second-order valence-corrected chi connectivity index (χ2v) is 7.00. The van der Waals surface area contributed by atoms with E-state index in [9.17, 15) is 5.26 Å². The van der Waals surface area contributed by atoms with Crippen LogP contribution in [0.25, 0.3) is 5.82 Å². The molecule has 9 heteroatoms. The number of hydrogen-bond donors (Lipinski definition) is 0. The predicted molar refractivity (Wildman–Crippen MR) is 107 cm³/mol. The molecule has 0 saturated carbocycles. The molecule has 1 aliphatic heterocycles. The summed E-state index contributed by atoms with van der Waals surface area (Å²) in [6, 6.07) is 7.96. The third-order valence-electron chi connectivity index (χ3n) is 4.91. The van der Waals surface area contributed by atoms with Crippen molar-refractivity contribution in [2.24, 2.45) is 0 Å². The minimum absolute atomic E-state index is 0.549. The first-order valence-electron chi connectivity index (χ1n) is 8.99. The van der Waals surface area contributed by atoms with Gasteiger partial charge in [-0.2, -0.15) is 10.4 Å². The van der Waals surface area contributed by atoms with Gasteiger partial charge in [-0.05, 0) is 37.6 Å². The Labute approximate surface area is 168 Å². The maximum atomic E-state index is 9.57. The minimum Gasteiger partial charge on any atom is -0.352 e. The predicted octanol–water partition coefficient (Wildman–Crippen LogP) is 2.53. The lowest BCUT2D eigenvalue weighted by atomic mass is 10.1. The van der Waals surface area contributed by atoms with Gasteiger partial charge < -0.3 is 9.80 Å². The zero-order chi connectivity index (χ0) is 19.7. The van der Waals surface area contributed by atoms with Crippen molar-refractivity contribution in [2.75, 3.05) is 36.0 Å². The van der Waals surface area contributed by atoms with Gasteiger partial charge in [0.15, 0.2) is 11.6 Å². The van der Waals surface area contributed by atoms with Crippen molar-refractivity contribution >= 4 is 23.2 Å². The molecular weight excluding hydrogens is 376 g/mol. The molecule has 0 unspecified atom stereocenters. The van der Waals surface area contributed by atoms with Crippen LogP contribution in [0, 0.1) is 25.2 Å². The number of anilines is 2. The summed E-state index contributed by atoms with van der Waals surface area (Å²) in [7, 11) is 0. The molecule has 0 aliphatic carbocycles. The van der Waals surface area contributed by atoms with E-state index in [4.69, 9.17) is 11.6 Å². The average Bonchev–Trinajstić information content (AvgIpc) is 3.27. The maximum absolute atomic E-state index is 9.57. The van der Waals surface area contributed by atoms with Crippen LogP contribution in [0.1, 0.15) is 16.8 Å². The Morgan fingerprint density at radius 2 is 1.71 bits per heavy atom. The molecule has 4 rings (SSSR count). The van der Waals surface area contributed by atoms with Crippen molar-refractivity contribution in [3.63, 3.8) is 0 Å². The highest BCUT2D eigenvalue weighted by Crippen LogP contribution is 2.29. The second-order valence-electron chi connectivity index (χ2n) is 6.62. The van der Waals surface area contributed by atoms with Crippen LogP contribution in [-0.2, 0) is 0 Å². The summed E-state index contributed by atoms with van der Waals surface area (Å²) < 4.78 is 1.68. The summed E-state index contributed by atoms with van der Waals surface area (Å²) in [6.07, 6.45) is 3.54. The van der Waals surface area contributed by atoms with Crippen LogP contribution in [0.4, 0.5) is 11.6 Å². The van der Waals surface area contributed by atoms with Crippen LogP contribution in [0.5, 0.6) is 0 Å². The van der Waals surface area contributed by atoms with Crippen molar-refractivity contribution in [1.82, 2.24) is 25.0 Å². The van der Waals surface area contributed by atoms with E-state index in [-0.39, 0.29) is 0 Å². The lowest BCUT2D eigenvalue weighted by molar-refractivity contribution is 0.635. The van der Waals surface area contributed by atoms with Gasteiger partial charge in [0.25, 0.3) is 0 Å². The number of nitrogens with zero attached hydrogens (tertiary/aromatic N) is 8. The molecule has 0 atom stereocenters. The summed E-state index contributed by atoms with van der Waals surface area (Å²) >= 11 is 6.26. The molecule has 0 radical (unpaired) electrons. The van der Waals surface area contributed by atoms with Gasteiger partial charge in [0.05, 0.1) is 16.3 Å². The standard InChI is InChI=1S/C19H19ClN8/c1-13-15(12-21)19(23-14(2)18(13)20)27-10-8-26(9-11-27)16-4-5-17(25-24-16)28-7-3-6-22-28/h3-7H,8-11H2,1-2H3. The SMILES string of the molecule is Cc1nc(N2CCN(c3ccc(-n4cccn4)nn3)CC2)c(C#N)c(C)c1Cl. The molecule has 0 spiro atoms. The Hall–Kier alpha value is -3.18. The third-order valence-corrected chi connectivity index (χ3v) is 5.47. The highest BCUT2D eigenvalue weighted by molar-refractivity contribution is 6.32. The van der Waals surface area contributed by atoms with E-state index in [0.717, 1.165) is 43.3 Å². The molecule has 28 heavy (non-hydrogen) atoms. The number of aromatic nitrogens is 5. The van der Waals surface area contributed by atoms with Crippen molar-refractivity contribution in [2.45, 2.75) is 13.8 Å². The first-order chi connectivity index (χ1) is 13.6. The molecule has 1 saturated heterocycles. The van der Waals surface area contributed by atoms with Gasteiger partial charge in [0, 0.05) is 38.6 Å². The molecular formula is C19H19ClN8. The number of hydrogen-bond acceptors (Lipinski definition) is 7. The average molecular weight is 395 g/mol. The molecule has 0 N–H and O–H groups in total. The molecule has 3 aromatic heterocycles. The molecule has 1 fully saturated rings. The fourth-order valence-corrected chi connectivity index (χ4v) is 3.47. The smallest absolute Gasteiger partial charge is 0.175 e. The highest BCUT2D eigenvalue weighted by Gasteiger charge is 2.24. The second kappa shape index (κ2) is 7.44. The van der Waals surface area contributed by atoms with E-state index >= 15 is 0 Å². The molecule has 142 valence electrons. The minimum atomic E-state index is 0.549. The number of piperazine rings is 1. The molecule has 1 aliphatic rings. The molecule has 8 nitrogen and oxygen atoms in total. The van der Waals surface area contributed by atoms with E-state index in [2.05, 4.69) is 36.1 Å². The zero-order valence-corrected chi connectivity index (χ0v) is 16.4. The lowest BCUT2D eigenvalue weighted by Crippen LogP contribution is -2.47. The van der Waals surface area contributed by atoms with E-state index in [0.29, 0.717) is 22.2 Å². The van der Waals surface area contributed by atoms with Gasteiger partial charge in [-0.3, -0.25) is 0 Å². The number of pyridine rings is 1. The largest absolute Gasteiger partial charge is 0.352 e. The third kappa shape index (κ3) is 3.25. The molecule has 0 aromatic carbocycles. The Morgan fingerprint density at radius 3 is 2.32 bits per heavy atom. The van der Waals surface area contributed by atoms with E-state index in [1.54, 1.807) is 10.9 Å². The number of halogens is 1. The van der Waals surface area contributed by atoms with Gasteiger partial charge in [-0.1, -0.05) is 11.6 Å². The molecule has 4 heterocycles. The fraction of sp³-hybridized carbons (Fsp3) is 0.316. The van der Waals surface area contributed by atoms with Gasteiger partial charge >= 0.3 is 0 Å². The summed E-state index contributed by atoms with van der Waals surface area (Å²) in [5, 5.41) is 22.9. The Kier molecular flexibility index (Phi) is 4.84. The topological polar surface area (TPSA) is 86.8 Å². The first kappa shape index (κ1) is 18.2. The van der Waals surface area contributed by atoms with Crippen molar-refractivity contribution in [1.29, 1.82) is 5.26 Å². The Balaban J connectivity index is 1.49. The van der Waals surface area contributed by atoms with Crippen LogP contribution < -0.4 is 9.80 Å². The zero-order valence-electron chi connectivity index (χ0n) is 15.7. The lowest BCUT2D eigenvalue weighted by Gasteiger charge is -2.36. The Bertz CT molecular complexity index is 1020. The van der Waals surface area contributed by atoms with Gasteiger partial charge in [0.2, 0.25) is 0 Å². The normalized spacial score (nSPS) is 14.2.